The molecule has 0 aliphatic rings. The number of hydrogen-bond donors (Lipinski definition) is 2. The zero-order valence-corrected chi connectivity index (χ0v) is 11.8. The molecule has 1 heterocycles. The van der Waals surface area contributed by atoms with Crippen LogP contribution in [0, 0.1) is 0 Å². The van der Waals surface area contributed by atoms with Crippen molar-refractivity contribution in [3.05, 3.63) is 35.3 Å². The summed E-state index contributed by atoms with van der Waals surface area (Å²) < 4.78 is 24.3. The Bertz CT molecular complexity index is 587. The second-order valence-corrected chi connectivity index (χ2v) is 5.76. The molecule has 0 fully saturated rings. The summed E-state index contributed by atoms with van der Waals surface area (Å²) >= 11 is 1.74. The molecule has 0 saturated carbocycles. The molecule has 1 aromatic carbocycles. The molecule has 8 heteroatoms. The Morgan fingerprint density at radius 2 is 2.10 bits per heavy atom. The lowest BCUT2D eigenvalue weighted by atomic mass is 10.3. The molecule has 0 atom stereocenters. The fourth-order valence-electron chi connectivity index (χ4n) is 1.49. The SMILES string of the molecule is Nc1nc(CC(=O)Nc2ccc(SC(F)F)cc2)cs1. The number of aromatic nitrogens is 1. The normalized spacial score (nSPS) is 10.8. The van der Waals surface area contributed by atoms with Crippen LogP contribution in [0.5, 0.6) is 0 Å². The van der Waals surface area contributed by atoms with Crippen LogP contribution in [0.3, 0.4) is 0 Å². The Balaban J connectivity index is 1.91. The number of nitrogens with one attached hydrogen (secondary N) is 1. The van der Waals surface area contributed by atoms with E-state index in [1.165, 1.54) is 23.5 Å². The van der Waals surface area contributed by atoms with E-state index in [9.17, 15) is 13.6 Å². The number of alkyl halides is 2. The largest absolute Gasteiger partial charge is 0.375 e. The minimum absolute atomic E-state index is 0.126. The Morgan fingerprint density at radius 3 is 2.65 bits per heavy atom. The monoisotopic (exact) mass is 315 g/mol. The van der Waals surface area contributed by atoms with Crippen molar-refractivity contribution in [3.8, 4) is 0 Å². The second kappa shape index (κ2) is 6.67. The minimum atomic E-state index is -2.45. The molecule has 1 aromatic heterocycles. The third-order valence-corrected chi connectivity index (χ3v) is 3.72. The minimum Gasteiger partial charge on any atom is -0.375 e. The van der Waals surface area contributed by atoms with E-state index in [-0.39, 0.29) is 12.3 Å². The van der Waals surface area contributed by atoms with Gasteiger partial charge >= 0.3 is 0 Å². The maximum absolute atomic E-state index is 12.2. The topological polar surface area (TPSA) is 68.0 Å². The number of hydrogen-bond acceptors (Lipinski definition) is 5. The standard InChI is InChI=1S/C12H11F2N3OS2/c13-11(14)20-9-3-1-7(2-4-9)16-10(18)5-8-6-19-12(15)17-8/h1-4,6,11H,5H2,(H2,15,17)(H,16,18). The van der Waals surface area contributed by atoms with Gasteiger partial charge in [0.15, 0.2) is 5.13 Å². The van der Waals surface area contributed by atoms with Gasteiger partial charge in [-0.1, -0.05) is 11.8 Å². The second-order valence-electron chi connectivity index (χ2n) is 3.80. The summed E-state index contributed by atoms with van der Waals surface area (Å²) in [6.45, 7) is 0. The summed E-state index contributed by atoms with van der Waals surface area (Å²) in [5.41, 5.74) is 6.63. The van der Waals surface area contributed by atoms with Gasteiger partial charge in [-0.25, -0.2) is 4.98 Å². The number of amides is 1. The molecule has 4 nitrogen and oxygen atoms in total. The lowest BCUT2D eigenvalue weighted by Gasteiger charge is -2.05. The molecule has 0 aliphatic heterocycles. The van der Waals surface area contributed by atoms with E-state index in [2.05, 4.69) is 10.3 Å². The highest BCUT2D eigenvalue weighted by molar-refractivity contribution is 7.99. The number of carbonyl (C=O) groups is 1. The molecule has 106 valence electrons. The van der Waals surface area contributed by atoms with Crippen molar-refractivity contribution in [2.45, 2.75) is 17.1 Å². The van der Waals surface area contributed by atoms with Crippen molar-refractivity contribution in [1.82, 2.24) is 4.98 Å². The molecule has 0 aliphatic carbocycles. The van der Waals surface area contributed by atoms with Gasteiger partial charge in [-0.2, -0.15) is 8.78 Å². The van der Waals surface area contributed by atoms with Gasteiger partial charge in [-0.3, -0.25) is 4.79 Å². The highest BCUT2D eigenvalue weighted by Crippen LogP contribution is 2.26. The number of benzene rings is 1. The van der Waals surface area contributed by atoms with E-state index in [0.717, 1.165) is 0 Å². The van der Waals surface area contributed by atoms with Gasteiger partial charge in [0.1, 0.15) is 0 Å². The first-order chi connectivity index (χ1) is 9.52. The molecule has 0 radical (unpaired) electrons. The van der Waals surface area contributed by atoms with Crippen LogP contribution >= 0.6 is 23.1 Å². The molecule has 2 aromatic rings. The maximum atomic E-state index is 12.2. The van der Waals surface area contributed by atoms with Crippen LogP contribution in [0.4, 0.5) is 19.6 Å². The van der Waals surface area contributed by atoms with Crippen LogP contribution in [0.25, 0.3) is 0 Å². The fourth-order valence-corrected chi connectivity index (χ4v) is 2.55. The van der Waals surface area contributed by atoms with Crippen molar-refractivity contribution in [3.63, 3.8) is 0 Å². The number of nitrogen functional groups attached to an aromatic ring is 1. The summed E-state index contributed by atoms with van der Waals surface area (Å²) in [7, 11) is 0. The quantitative estimate of drug-likeness (QED) is 0.831. The number of nitrogens with two attached hydrogens (primary N) is 1. The van der Waals surface area contributed by atoms with Crippen LogP contribution in [0.2, 0.25) is 0 Å². The van der Waals surface area contributed by atoms with E-state index >= 15 is 0 Å². The third kappa shape index (κ3) is 4.46. The summed E-state index contributed by atoms with van der Waals surface area (Å²) in [6.07, 6.45) is 0.126. The zero-order valence-electron chi connectivity index (χ0n) is 10.2. The van der Waals surface area contributed by atoms with E-state index in [1.807, 2.05) is 0 Å². The average Bonchev–Trinajstić information content (AvgIpc) is 2.76. The Kier molecular flexibility index (Phi) is 4.91. The summed E-state index contributed by atoms with van der Waals surface area (Å²) in [4.78, 5) is 16.2. The van der Waals surface area contributed by atoms with Crippen molar-refractivity contribution >= 4 is 39.8 Å². The van der Waals surface area contributed by atoms with E-state index in [1.54, 1.807) is 17.5 Å². The highest BCUT2D eigenvalue weighted by Gasteiger charge is 2.08. The van der Waals surface area contributed by atoms with Crippen molar-refractivity contribution in [1.29, 1.82) is 0 Å². The Hall–Kier alpha value is -1.67. The van der Waals surface area contributed by atoms with Crippen LogP contribution in [0.15, 0.2) is 34.5 Å². The van der Waals surface area contributed by atoms with Crippen molar-refractivity contribution in [2.75, 3.05) is 11.1 Å². The van der Waals surface area contributed by atoms with Gasteiger partial charge in [0, 0.05) is 16.0 Å². The number of thiazole rings is 1. The predicted octanol–water partition coefficient (Wildman–Crippen LogP) is 3.22. The lowest BCUT2D eigenvalue weighted by molar-refractivity contribution is -0.115. The average molecular weight is 315 g/mol. The van der Waals surface area contributed by atoms with E-state index < -0.39 is 5.76 Å². The van der Waals surface area contributed by atoms with Gasteiger partial charge in [0.05, 0.1) is 12.1 Å². The molecule has 0 spiro atoms. The summed E-state index contributed by atoms with van der Waals surface area (Å²) in [5, 5.41) is 4.81. The van der Waals surface area contributed by atoms with E-state index in [0.29, 0.717) is 33.2 Å². The molecule has 3 N–H and O–H groups in total. The smallest absolute Gasteiger partial charge is 0.288 e. The first-order valence-electron chi connectivity index (χ1n) is 5.57. The van der Waals surface area contributed by atoms with Gasteiger partial charge in [0.2, 0.25) is 5.91 Å². The predicted molar refractivity (Wildman–Crippen MR) is 77.2 cm³/mol. The number of nitrogens with zero attached hydrogens (tertiary/aromatic N) is 1. The van der Waals surface area contributed by atoms with Gasteiger partial charge in [-0.05, 0) is 24.3 Å². The van der Waals surface area contributed by atoms with Crippen molar-refractivity contribution < 1.29 is 13.6 Å². The molecular formula is C12H11F2N3OS2. The van der Waals surface area contributed by atoms with Gasteiger partial charge in [0.25, 0.3) is 5.76 Å². The fraction of sp³-hybridized carbons (Fsp3) is 0.167. The zero-order chi connectivity index (χ0) is 14.5. The number of thioether (sulfide) groups is 1. The molecule has 0 saturated heterocycles. The van der Waals surface area contributed by atoms with E-state index in [4.69, 9.17) is 5.73 Å². The van der Waals surface area contributed by atoms with Gasteiger partial charge in [-0.15, -0.1) is 11.3 Å². The Labute approximate surface area is 122 Å². The Morgan fingerprint density at radius 1 is 1.40 bits per heavy atom. The highest BCUT2D eigenvalue weighted by atomic mass is 32.2. The van der Waals surface area contributed by atoms with Crippen LogP contribution in [0.1, 0.15) is 5.69 Å². The first-order valence-corrected chi connectivity index (χ1v) is 7.33. The third-order valence-electron chi connectivity index (χ3n) is 2.27. The molecular weight excluding hydrogens is 304 g/mol. The first kappa shape index (κ1) is 14.7. The molecule has 0 unspecified atom stereocenters. The summed E-state index contributed by atoms with van der Waals surface area (Å²) in [5.74, 6) is -2.69. The number of carbonyl (C=O) groups excluding carboxylic acids is 1. The van der Waals surface area contributed by atoms with Gasteiger partial charge < -0.3 is 11.1 Å². The maximum Gasteiger partial charge on any atom is 0.288 e. The molecule has 1 amide bonds. The molecule has 2 rings (SSSR count). The van der Waals surface area contributed by atoms with Crippen molar-refractivity contribution in [2.24, 2.45) is 0 Å². The van der Waals surface area contributed by atoms with Crippen LogP contribution in [-0.4, -0.2) is 16.6 Å². The van der Waals surface area contributed by atoms with Crippen LogP contribution in [-0.2, 0) is 11.2 Å². The number of anilines is 2. The lowest BCUT2D eigenvalue weighted by Crippen LogP contribution is -2.14. The van der Waals surface area contributed by atoms with Crippen LogP contribution < -0.4 is 11.1 Å². The number of rotatable bonds is 5. The number of halogens is 2. The molecule has 0 bridgehead atoms. The summed E-state index contributed by atoms with van der Waals surface area (Å²) in [6, 6.07) is 6.23. The molecule has 20 heavy (non-hydrogen) atoms.